The van der Waals surface area contributed by atoms with Crippen molar-refractivity contribution >= 4 is 49.4 Å². The summed E-state index contributed by atoms with van der Waals surface area (Å²) in [6.07, 6.45) is 17.5. The van der Waals surface area contributed by atoms with Gasteiger partial charge >= 0.3 is 0 Å². The van der Waals surface area contributed by atoms with Crippen LogP contribution in [0.4, 0.5) is 17.1 Å². The zero-order valence-corrected chi connectivity index (χ0v) is 40.3. The maximum absolute atomic E-state index is 2.53. The van der Waals surface area contributed by atoms with Crippen LogP contribution in [0, 0.1) is 40.9 Å². The number of fused-ring (bicyclic) bond motifs is 6. The molecule has 0 radical (unpaired) electrons. The van der Waals surface area contributed by atoms with Gasteiger partial charge in [0.2, 0.25) is 0 Å². The fourth-order valence-electron chi connectivity index (χ4n) is 18.2. The molecule has 9 aromatic carbocycles. The van der Waals surface area contributed by atoms with Gasteiger partial charge in [-0.3, -0.25) is 0 Å². The maximum Gasteiger partial charge on any atom is 0.0468 e. The summed E-state index contributed by atoms with van der Waals surface area (Å²) in [5.74, 6) is 5.76. The van der Waals surface area contributed by atoms with Gasteiger partial charge < -0.3 is 4.90 Å². The molecular formula is C69H61N. The Morgan fingerprint density at radius 2 is 0.900 bits per heavy atom. The van der Waals surface area contributed by atoms with E-state index in [1.807, 2.05) is 0 Å². The quantitative estimate of drug-likeness (QED) is 0.137. The van der Waals surface area contributed by atoms with E-state index in [1.54, 1.807) is 11.1 Å². The zero-order chi connectivity index (χ0) is 45.8. The second-order valence-corrected chi connectivity index (χ2v) is 24.2. The summed E-state index contributed by atoms with van der Waals surface area (Å²) < 4.78 is 0. The van der Waals surface area contributed by atoms with Gasteiger partial charge in [0, 0.05) is 17.1 Å². The van der Waals surface area contributed by atoms with Crippen LogP contribution in [0.2, 0.25) is 0 Å². The average molecular weight is 904 g/mol. The SMILES string of the molecule is c1ccc2cc(-c3cc(N(c4ccc(-c5ccc(C67CC8CC9CC(C6)C9(C8)C7)cc5)cc4)c4ccc(C56CC7CC(CC(C7)C5)C6)cc4)ccc3-c3cc4ccccc4c4ccccc34)ccc2c1. The summed E-state index contributed by atoms with van der Waals surface area (Å²) in [5, 5.41) is 7.67. The molecule has 5 unspecified atom stereocenters. The van der Waals surface area contributed by atoms with Gasteiger partial charge in [-0.1, -0.05) is 140 Å². The monoisotopic (exact) mass is 903 g/mol. The summed E-state index contributed by atoms with van der Waals surface area (Å²) in [7, 11) is 0. The van der Waals surface area contributed by atoms with Crippen LogP contribution in [0.15, 0.2) is 188 Å². The van der Waals surface area contributed by atoms with Crippen molar-refractivity contribution in [1.82, 2.24) is 0 Å². The molecule has 8 aliphatic rings. The highest BCUT2D eigenvalue weighted by molar-refractivity contribution is 6.15. The smallest absolute Gasteiger partial charge is 0.0468 e. The Morgan fingerprint density at radius 1 is 0.329 bits per heavy atom. The topological polar surface area (TPSA) is 3.24 Å². The van der Waals surface area contributed by atoms with E-state index < -0.39 is 0 Å². The molecule has 7 bridgehead atoms. The Labute approximate surface area is 413 Å². The Morgan fingerprint density at radius 3 is 1.64 bits per heavy atom. The lowest BCUT2D eigenvalue weighted by Gasteiger charge is -2.57. The van der Waals surface area contributed by atoms with Crippen LogP contribution < -0.4 is 4.90 Å². The maximum atomic E-state index is 2.53. The number of hydrogen-bond acceptors (Lipinski definition) is 1. The molecule has 17 rings (SSSR count). The van der Waals surface area contributed by atoms with Crippen molar-refractivity contribution in [2.45, 2.75) is 87.9 Å². The summed E-state index contributed by atoms with van der Waals surface area (Å²) >= 11 is 0. The van der Waals surface area contributed by atoms with E-state index >= 15 is 0 Å². The van der Waals surface area contributed by atoms with Crippen LogP contribution >= 0.6 is 0 Å². The summed E-state index contributed by atoms with van der Waals surface area (Å²) in [5.41, 5.74) is 15.9. The minimum absolute atomic E-state index is 0.360. The second-order valence-electron chi connectivity index (χ2n) is 24.2. The molecule has 1 spiro atoms. The highest BCUT2D eigenvalue weighted by Gasteiger charge is 2.71. The first-order chi connectivity index (χ1) is 34.4. The number of hydrogen-bond donors (Lipinski definition) is 0. The van der Waals surface area contributed by atoms with E-state index in [-0.39, 0.29) is 0 Å². The highest BCUT2D eigenvalue weighted by atomic mass is 15.1. The van der Waals surface area contributed by atoms with Crippen LogP contribution in [-0.2, 0) is 10.8 Å². The van der Waals surface area contributed by atoms with Gasteiger partial charge in [-0.25, -0.2) is 0 Å². The van der Waals surface area contributed by atoms with E-state index in [2.05, 4.69) is 193 Å². The molecule has 1 nitrogen and oxygen atoms in total. The van der Waals surface area contributed by atoms with Crippen molar-refractivity contribution in [1.29, 1.82) is 0 Å². The predicted octanol–water partition coefficient (Wildman–Crippen LogP) is 18.6. The summed E-state index contributed by atoms with van der Waals surface area (Å²) in [6.45, 7) is 0. The van der Waals surface area contributed by atoms with Gasteiger partial charge in [-0.15, -0.1) is 0 Å². The van der Waals surface area contributed by atoms with Crippen LogP contribution in [0.25, 0.3) is 65.7 Å². The standard InChI is InChI=1S/C69H61N/c1-2-8-51-33-53(14-13-48(51)7-1)65-36-60(27-28-64(65)66-34-52-9-3-4-10-61(52)62-11-5-6-12-63(62)66)70(59-25-21-54(22-26-59)67-37-44-29-45(38-67)31-46(30-44)39-67)58-23-17-50(18-24-58)49-15-19-55(20-16-49)68-40-47-32-56-35-57(42-68)69(56,41-47)43-68/h1-28,33-34,36,44-47,56-57H,29-32,35,37-43H2. The van der Waals surface area contributed by atoms with Crippen molar-refractivity contribution in [3.05, 3.63) is 199 Å². The number of benzene rings is 9. The molecule has 0 heterocycles. The van der Waals surface area contributed by atoms with Crippen LogP contribution in [0.5, 0.6) is 0 Å². The van der Waals surface area contributed by atoms with Crippen molar-refractivity contribution < 1.29 is 0 Å². The Balaban J connectivity index is 0.820. The molecular weight excluding hydrogens is 843 g/mol. The van der Waals surface area contributed by atoms with E-state index in [0.29, 0.717) is 16.2 Å². The molecule has 0 saturated heterocycles. The lowest BCUT2D eigenvalue weighted by atomic mass is 9.48. The fraction of sp³-hybridized carbons (Fsp3) is 0.304. The first-order valence-electron chi connectivity index (χ1n) is 27.1. The van der Waals surface area contributed by atoms with Gasteiger partial charge in [-0.05, 0) is 254 Å². The zero-order valence-electron chi connectivity index (χ0n) is 40.3. The van der Waals surface area contributed by atoms with Crippen molar-refractivity contribution in [2.24, 2.45) is 40.9 Å². The molecule has 0 aliphatic heterocycles. The Bertz CT molecular complexity index is 3520. The van der Waals surface area contributed by atoms with Crippen LogP contribution in [-0.4, -0.2) is 0 Å². The van der Waals surface area contributed by atoms with Gasteiger partial charge in [0.25, 0.3) is 0 Å². The van der Waals surface area contributed by atoms with Crippen LogP contribution in [0.1, 0.15) is 88.2 Å². The van der Waals surface area contributed by atoms with Gasteiger partial charge in [0.15, 0.2) is 0 Å². The molecule has 8 aliphatic carbocycles. The molecule has 0 aromatic heterocycles. The molecule has 8 fully saturated rings. The number of anilines is 3. The molecule has 8 saturated carbocycles. The highest BCUT2D eigenvalue weighted by Crippen LogP contribution is 2.79. The third kappa shape index (κ3) is 5.96. The van der Waals surface area contributed by atoms with E-state index in [9.17, 15) is 0 Å². The van der Waals surface area contributed by atoms with Crippen molar-refractivity contribution in [2.75, 3.05) is 4.90 Å². The first kappa shape index (κ1) is 40.3. The van der Waals surface area contributed by atoms with E-state index in [1.165, 1.54) is 160 Å². The minimum atomic E-state index is 0.360. The molecule has 9 aromatic rings. The molecule has 0 N–H and O–H groups in total. The van der Waals surface area contributed by atoms with E-state index in [0.717, 1.165) is 35.5 Å². The van der Waals surface area contributed by atoms with Crippen LogP contribution in [0.3, 0.4) is 0 Å². The average Bonchev–Trinajstić information content (AvgIpc) is 3.72. The van der Waals surface area contributed by atoms with Gasteiger partial charge in [0.1, 0.15) is 0 Å². The molecule has 5 atom stereocenters. The predicted molar refractivity (Wildman–Crippen MR) is 292 cm³/mol. The fourth-order valence-corrected chi connectivity index (χ4v) is 18.2. The second kappa shape index (κ2) is 14.8. The Kier molecular flexibility index (Phi) is 8.52. The minimum Gasteiger partial charge on any atom is -0.310 e. The van der Waals surface area contributed by atoms with Gasteiger partial charge in [0.05, 0.1) is 0 Å². The first-order valence-corrected chi connectivity index (χ1v) is 27.1. The Hall–Kier alpha value is -6.44. The third-order valence-corrected chi connectivity index (χ3v) is 20.6. The van der Waals surface area contributed by atoms with Crippen molar-refractivity contribution in [3.63, 3.8) is 0 Å². The van der Waals surface area contributed by atoms with Gasteiger partial charge in [-0.2, -0.15) is 0 Å². The molecule has 342 valence electrons. The third-order valence-electron chi connectivity index (χ3n) is 20.6. The number of rotatable bonds is 8. The number of nitrogens with zero attached hydrogens (tertiary/aromatic N) is 1. The largest absolute Gasteiger partial charge is 0.310 e. The molecule has 70 heavy (non-hydrogen) atoms. The summed E-state index contributed by atoms with van der Waals surface area (Å²) in [6, 6.07) is 72.8. The molecule has 0 amide bonds. The van der Waals surface area contributed by atoms with E-state index in [4.69, 9.17) is 0 Å². The normalized spacial score (nSPS) is 29.8. The lowest BCUT2D eigenvalue weighted by Crippen LogP contribution is -2.48. The lowest BCUT2D eigenvalue weighted by molar-refractivity contribution is -0.00518. The molecule has 1 heteroatoms. The summed E-state index contributed by atoms with van der Waals surface area (Å²) in [4.78, 5) is 2.53. The van der Waals surface area contributed by atoms with Crippen molar-refractivity contribution in [3.8, 4) is 33.4 Å².